The molecule has 1 aromatic heterocycles. The van der Waals surface area contributed by atoms with Crippen molar-refractivity contribution in [2.75, 3.05) is 44.7 Å². The number of aromatic nitrogens is 1. The molecule has 1 fully saturated rings. The summed E-state index contributed by atoms with van der Waals surface area (Å²) >= 11 is 0. The van der Waals surface area contributed by atoms with Gasteiger partial charge >= 0.3 is 0 Å². The minimum absolute atomic E-state index is 0.146. The highest BCUT2D eigenvalue weighted by Crippen LogP contribution is 2.08. The second-order valence-electron chi connectivity index (χ2n) is 6.52. The molecule has 2 N–H and O–H groups in total. The van der Waals surface area contributed by atoms with Gasteiger partial charge in [0, 0.05) is 31.7 Å². The largest absolute Gasteiger partial charge is 0.383 e. The van der Waals surface area contributed by atoms with Crippen LogP contribution in [0.25, 0.3) is 0 Å². The zero-order valence-electron chi connectivity index (χ0n) is 13.7. The van der Waals surface area contributed by atoms with Crippen LogP contribution < -0.4 is 10.6 Å². The van der Waals surface area contributed by atoms with E-state index in [1.54, 1.807) is 12.3 Å². The molecule has 2 rings (SSSR count). The number of hydrogen-bond donors (Lipinski definition) is 2. The second-order valence-corrected chi connectivity index (χ2v) is 6.52. The molecule has 1 saturated heterocycles. The van der Waals surface area contributed by atoms with Crippen molar-refractivity contribution >= 4 is 11.6 Å². The van der Waals surface area contributed by atoms with Gasteiger partial charge in [0.1, 0.15) is 5.69 Å². The second kappa shape index (κ2) is 7.56. The van der Waals surface area contributed by atoms with Crippen molar-refractivity contribution in [1.82, 2.24) is 15.2 Å². The Bertz CT molecular complexity index is 476. The molecule has 1 amide bonds. The first kappa shape index (κ1) is 16.7. The lowest BCUT2D eigenvalue weighted by Crippen LogP contribution is -2.40. The molecule has 0 aliphatic carbocycles. The molecule has 0 unspecified atom stereocenters. The van der Waals surface area contributed by atoms with Crippen LogP contribution in [0.2, 0.25) is 0 Å². The van der Waals surface area contributed by atoms with E-state index >= 15 is 0 Å². The number of rotatable bonds is 5. The van der Waals surface area contributed by atoms with Crippen molar-refractivity contribution in [2.24, 2.45) is 0 Å². The Balaban J connectivity index is 1.77. The Morgan fingerprint density at radius 2 is 2.05 bits per heavy atom. The molecule has 2 heterocycles. The number of amides is 1. The Morgan fingerprint density at radius 1 is 1.32 bits per heavy atom. The van der Waals surface area contributed by atoms with E-state index in [1.807, 2.05) is 26.8 Å². The summed E-state index contributed by atoms with van der Waals surface area (Å²) < 4.78 is 5.32. The third-order valence-corrected chi connectivity index (χ3v) is 3.35. The van der Waals surface area contributed by atoms with Crippen molar-refractivity contribution in [3.63, 3.8) is 0 Å². The van der Waals surface area contributed by atoms with Crippen LogP contribution in [0.1, 0.15) is 31.3 Å². The summed E-state index contributed by atoms with van der Waals surface area (Å²) in [6.07, 6.45) is 1.71. The van der Waals surface area contributed by atoms with Crippen molar-refractivity contribution < 1.29 is 9.53 Å². The monoisotopic (exact) mass is 306 g/mol. The maximum Gasteiger partial charge on any atom is 0.270 e. The normalized spacial score (nSPS) is 16.3. The van der Waals surface area contributed by atoms with Gasteiger partial charge in [-0.05, 0) is 32.9 Å². The average molecular weight is 306 g/mol. The SMILES string of the molecule is CC(C)(C)NC(=O)c1ccc(NCCN2CCOCC2)cn1. The minimum Gasteiger partial charge on any atom is -0.383 e. The predicted octanol–water partition coefficient (Wildman–Crippen LogP) is 1.35. The molecule has 0 atom stereocenters. The summed E-state index contributed by atoms with van der Waals surface area (Å²) in [4.78, 5) is 18.6. The molecule has 0 spiro atoms. The van der Waals surface area contributed by atoms with Crippen LogP contribution in [-0.4, -0.2) is 60.7 Å². The number of morpholine rings is 1. The molecule has 1 aromatic rings. The molecule has 0 radical (unpaired) electrons. The quantitative estimate of drug-likeness (QED) is 0.860. The fourth-order valence-corrected chi connectivity index (χ4v) is 2.22. The summed E-state index contributed by atoms with van der Waals surface area (Å²) in [7, 11) is 0. The molecular weight excluding hydrogens is 280 g/mol. The molecule has 1 aliphatic heterocycles. The van der Waals surface area contributed by atoms with Gasteiger partial charge in [-0.2, -0.15) is 0 Å². The fraction of sp³-hybridized carbons (Fsp3) is 0.625. The highest BCUT2D eigenvalue weighted by atomic mass is 16.5. The molecule has 6 nitrogen and oxygen atoms in total. The van der Waals surface area contributed by atoms with E-state index < -0.39 is 0 Å². The van der Waals surface area contributed by atoms with Crippen LogP contribution in [0.3, 0.4) is 0 Å². The van der Waals surface area contributed by atoms with E-state index in [2.05, 4.69) is 20.5 Å². The van der Waals surface area contributed by atoms with E-state index in [0.717, 1.165) is 45.1 Å². The van der Waals surface area contributed by atoms with Gasteiger partial charge in [-0.25, -0.2) is 4.98 Å². The van der Waals surface area contributed by atoms with Gasteiger partial charge in [0.15, 0.2) is 0 Å². The van der Waals surface area contributed by atoms with Gasteiger partial charge < -0.3 is 15.4 Å². The smallest absolute Gasteiger partial charge is 0.270 e. The Hall–Kier alpha value is -1.66. The number of hydrogen-bond acceptors (Lipinski definition) is 5. The van der Waals surface area contributed by atoms with Gasteiger partial charge in [0.05, 0.1) is 25.1 Å². The summed E-state index contributed by atoms with van der Waals surface area (Å²) in [6.45, 7) is 11.3. The Kier molecular flexibility index (Phi) is 5.74. The standard InChI is InChI=1S/C16H26N4O2/c1-16(2,3)19-15(21)14-5-4-13(12-18-14)17-6-7-20-8-10-22-11-9-20/h4-5,12,17H,6-11H2,1-3H3,(H,19,21). The van der Waals surface area contributed by atoms with Crippen molar-refractivity contribution in [1.29, 1.82) is 0 Å². The maximum absolute atomic E-state index is 12.0. The third kappa shape index (κ3) is 5.61. The van der Waals surface area contributed by atoms with E-state index in [4.69, 9.17) is 4.74 Å². The van der Waals surface area contributed by atoms with Gasteiger partial charge in [-0.15, -0.1) is 0 Å². The van der Waals surface area contributed by atoms with Crippen molar-refractivity contribution in [3.05, 3.63) is 24.0 Å². The number of carbonyl (C=O) groups excluding carboxylic acids is 1. The molecular formula is C16H26N4O2. The number of nitrogens with one attached hydrogen (secondary N) is 2. The highest BCUT2D eigenvalue weighted by Gasteiger charge is 2.16. The van der Waals surface area contributed by atoms with Crippen molar-refractivity contribution in [2.45, 2.75) is 26.3 Å². The molecule has 0 aromatic carbocycles. The number of anilines is 1. The number of nitrogens with zero attached hydrogens (tertiary/aromatic N) is 2. The Labute approximate surface area is 132 Å². The van der Waals surface area contributed by atoms with Gasteiger partial charge in [-0.3, -0.25) is 9.69 Å². The molecule has 22 heavy (non-hydrogen) atoms. The summed E-state index contributed by atoms with van der Waals surface area (Å²) in [6, 6.07) is 3.64. The first-order valence-electron chi connectivity index (χ1n) is 7.76. The van der Waals surface area contributed by atoms with Crippen LogP contribution in [0.4, 0.5) is 5.69 Å². The lowest BCUT2D eigenvalue weighted by Gasteiger charge is -2.26. The van der Waals surface area contributed by atoms with Crippen LogP contribution in [0.5, 0.6) is 0 Å². The maximum atomic E-state index is 12.0. The summed E-state index contributed by atoms with van der Waals surface area (Å²) in [5.41, 5.74) is 1.11. The molecule has 6 heteroatoms. The highest BCUT2D eigenvalue weighted by molar-refractivity contribution is 5.92. The van der Waals surface area contributed by atoms with E-state index in [-0.39, 0.29) is 11.4 Å². The van der Waals surface area contributed by atoms with Crippen LogP contribution in [0.15, 0.2) is 18.3 Å². The lowest BCUT2D eigenvalue weighted by atomic mass is 10.1. The first-order valence-corrected chi connectivity index (χ1v) is 7.76. The van der Waals surface area contributed by atoms with Crippen LogP contribution in [-0.2, 0) is 4.74 Å². The predicted molar refractivity (Wildman–Crippen MR) is 87.2 cm³/mol. The fourth-order valence-electron chi connectivity index (χ4n) is 2.22. The topological polar surface area (TPSA) is 66.5 Å². The molecule has 0 bridgehead atoms. The van der Waals surface area contributed by atoms with Gasteiger partial charge in [0.2, 0.25) is 0 Å². The summed E-state index contributed by atoms with van der Waals surface area (Å²) in [5.74, 6) is -0.146. The van der Waals surface area contributed by atoms with Gasteiger partial charge in [0.25, 0.3) is 5.91 Å². The number of ether oxygens (including phenoxy) is 1. The van der Waals surface area contributed by atoms with E-state index in [9.17, 15) is 4.79 Å². The molecule has 0 saturated carbocycles. The molecule has 122 valence electrons. The summed E-state index contributed by atoms with van der Waals surface area (Å²) in [5, 5.41) is 6.23. The zero-order chi connectivity index (χ0) is 16.0. The number of pyridine rings is 1. The average Bonchev–Trinajstić information content (AvgIpc) is 2.47. The lowest BCUT2D eigenvalue weighted by molar-refractivity contribution is 0.0398. The van der Waals surface area contributed by atoms with Crippen LogP contribution >= 0.6 is 0 Å². The van der Waals surface area contributed by atoms with Crippen LogP contribution in [0, 0.1) is 0 Å². The Morgan fingerprint density at radius 3 is 2.64 bits per heavy atom. The van der Waals surface area contributed by atoms with Crippen molar-refractivity contribution in [3.8, 4) is 0 Å². The third-order valence-electron chi connectivity index (χ3n) is 3.35. The minimum atomic E-state index is -0.256. The number of carbonyl (C=O) groups is 1. The van der Waals surface area contributed by atoms with E-state index in [0.29, 0.717) is 5.69 Å². The zero-order valence-corrected chi connectivity index (χ0v) is 13.7. The van der Waals surface area contributed by atoms with Gasteiger partial charge in [-0.1, -0.05) is 0 Å². The van der Waals surface area contributed by atoms with E-state index in [1.165, 1.54) is 0 Å². The first-order chi connectivity index (χ1) is 10.4. The molecule has 1 aliphatic rings.